The number of carbonyl (C=O) groups is 3. The number of likely N-dealkylation sites (tertiary alicyclic amines) is 1. The van der Waals surface area contributed by atoms with Crippen LogP contribution in [-0.2, 0) is 30.4 Å². The molecule has 0 radical (unpaired) electrons. The second kappa shape index (κ2) is 8.77. The highest BCUT2D eigenvalue weighted by molar-refractivity contribution is 5.68. The van der Waals surface area contributed by atoms with Crippen LogP contribution in [0.3, 0.4) is 0 Å². The lowest BCUT2D eigenvalue weighted by Crippen LogP contribution is -2.30. The quantitative estimate of drug-likeness (QED) is 0.529. The first-order valence-corrected chi connectivity index (χ1v) is 7.30. The third kappa shape index (κ3) is 4.98. The summed E-state index contributed by atoms with van der Waals surface area (Å²) < 4.78 is 14.8. The average Bonchev–Trinajstić information content (AvgIpc) is 3.00. The number of benzene rings is 1. The lowest BCUT2D eigenvalue weighted by molar-refractivity contribution is -0.133. The number of nitrogens with zero attached hydrogens (tertiary/aromatic N) is 1. The first kappa shape index (κ1) is 16.8. The maximum atomic E-state index is 12.1. The minimum Gasteiger partial charge on any atom is -0.468 e. The monoisotopic (exact) mass is 321 g/mol. The molecule has 2 rings (SSSR count). The molecule has 1 aromatic rings. The van der Waals surface area contributed by atoms with Gasteiger partial charge in [0.2, 0.25) is 0 Å². The van der Waals surface area contributed by atoms with E-state index in [9.17, 15) is 14.4 Å². The van der Waals surface area contributed by atoms with E-state index < -0.39 is 6.09 Å². The Morgan fingerprint density at radius 3 is 2.13 bits per heavy atom. The SMILES string of the molecule is O=COC[C@@H]1CN(C(=O)OCc2ccccc2)C[C@@H]1COC=O. The van der Waals surface area contributed by atoms with Crippen LogP contribution in [0.25, 0.3) is 0 Å². The van der Waals surface area contributed by atoms with E-state index in [1.54, 1.807) is 4.90 Å². The van der Waals surface area contributed by atoms with Gasteiger partial charge in [-0.05, 0) is 5.56 Å². The molecule has 0 unspecified atom stereocenters. The summed E-state index contributed by atoms with van der Waals surface area (Å²) in [6.07, 6.45) is -0.432. The second-order valence-corrected chi connectivity index (χ2v) is 5.32. The third-order valence-electron chi connectivity index (χ3n) is 3.80. The molecule has 23 heavy (non-hydrogen) atoms. The van der Waals surface area contributed by atoms with Crippen LogP contribution in [0.2, 0.25) is 0 Å². The Labute approximate surface area is 134 Å². The molecular formula is C16H19NO6. The highest BCUT2D eigenvalue weighted by atomic mass is 16.6. The van der Waals surface area contributed by atoms with Crippen LogP contribution in [-0.4, -0.2) is 50.2 Å². The second-order valence-electron chi connectivity index (χ2n) is 5.32. The van der Waals surface area contributed by atoms with Crippen LogP contribution < -0.4 is 0 Å². The van der Waals surface area contributed by atoms with Crippen molar-refractivity contribution in [1.82, 2.24) is 4.90 Å². The molecule has 1 heterocycles. The molecule has 124 valence electrons. The Morgan fingerprint density at radius 2 is 1.61 bits per heavy atom. The predicted molar refractivity (Wildman–Crippen MR) is 79.2 cm³/mol. The molecule has 0 N–H and O–H groups in total. The number of rotatable bonds is 8. The minimum atomic E-state index is -0.432. The molecule has 1 amide bonds. The van der Waals surface area contributed by atoms with E-state index in [0.29, 0.717) is 26.0 Å². The Balaban J connectivity index is 1.87. The fourth-order valence-electron chi connectivity index (χ4n) is 2.60. The molecule has 0 saturated carbocycles. The molecule has 1 fully saturated rings. The van der Waals surface area contributed by atoms with E-state index in [2.05, 4.69) is 0 Å². The lowest BCUT2D eigenvalue weighted by Gasteiger charge is -2.16. The number of ether oxygens (including phenoxy) is 3. The van der Waals surface area contributed by atoms with Crippen LogP contribution in [0, 0.1) is 11.8 Å². The van der Waals surface area contributed by atoms with E-state index in [1.807, 2.05) is 30.3 Å². The molecule has 7 nitrogen and oxygen atoms in total. The molecular weight excluding hydrogens is 302 g/mol. The van der Waals surface area contributed by atoms with Crippen molar-refractivity contribution < 1.29 is 28.6 Å². The van der Waals surface area contributed by atoms with Crippen molar-refractivity contribution in [3.05, 3.63) is 35.9 Å². The summed E-state index contributed by atoms with van der Waals surface area (Å²) in [5.41, 5.74) is 0.904. The van der Waals surface area contributed by atoms with Crippen LogP contribution >= 0.6 is 0 Å². The smallest absolute Gasteiger partial charge is 0.410 e. The van der Waals surface area contributed by atoms with Gasteiger partial charge in [-0.2, -0.15) is 0 Å². The fourth-order valence-corrected chi connectivity index (χ4v) is 2.60. The summed E-state index contributed by atoms with van der Waals surface area (Å²) in [6.45, 7) is 2.09. The molecule has 1 aromatic carbocycles. The van der Waals surface area contributed by atoms with Gasteiger partial charge in [0.25, 0.3) is 12.9 Å². The maximum absolute atomic E-state index is 12.1. The largest absolute Gasteiger partial charge is 0.468 e. The first-order valence-electron chi connectivity index (χ1n) is 7.30. The summed E-state index contributed by atoms with van der Waals surface area (Å²) in [7, 11) is 0. The van der Waals surface area contributed by atoms with Crippen molar-refractivity contribution in [3.63, 3.8) is 0 Å². The Bertz CT molecular complexity index is 501. The fraction of sp³-hybridized carbons (Fsp3) is 0.438. The van der Waals surface area contributed by atoms with Crippen LogP contribution in [0.1, 0.15) is 5.56 Å². The maximum Gasteiger partial charge on any atom is 0.410 e. The van der Waals surface area contributed by atoms with Crippen molar-refractivity contribution in [2.45, 2.75) is 6.61 Å². The third-order valence-corrected chi connectivity index (χ3v) is 3.80. The van der Waals surface area contributed by atoms with E-state index in [-0.39, 0.29) is 31.7 Å². The zero-order valence-electron chi connectivity index (χ0n) is 12.6. The summed E-state index contributed by atoms with van der Waals surface area (Å²) >= 11 is 0. The van der Waals surface area contributed by atoms with Crippen molar-refractivity contribution in [3.8, 4) is 0 Å². The highest BCUT2D eigenvalue weighted by Crippen LogP contribution is 2.25. The van der Waals surface area contributed by atoms with Gasteiger partial charge in [-0.25, -0.2) is 4.79 Å². The molecule has 1 aliphatic rings. The van der Waals surface area contributed by atoms with Gasteiger partial charge in [-0.15, -0.1) is 0 Å². The van der Waals surface area contributed by atoms with Gasteiger partial charge in [0.1, 0.15) is 6.61 Å². The van der Waals surface area contributed by atoms with E-state index >= 15 is 0 Å². The predicted octanol–water partition coefficient (Wildman–Crippen LogP) is 1.22. The normalized spacial score (nSPS) is 19.9. The molecule has 0 bridgehead atoms. The standard InChI is InChI=1S/C16H19NO6/c18-11-21-9-14-6-17(7-15(14)10-22-12-19)16(20)23-8-13-4-2-1-3-5-13/h1-5,11-12,14-15H,6-10H2/t14-,15+. The number of amides is 1. The number of hydrogen-bond acceptors (Lipinski definition) is 6. The van der Waals surface area contributed by atoms with Gasteiger partial charge in [0.15, 0.2) is 0 Å². The zero-order valence-corrected chi connectivity index (χ0v) is 12.6. The molecule has 0 aromatic heterocycles. The van der Waals surface area contributed by atoms with Crippen LogP contribution in [0.5, 0.6) is 0 Å². The van der Waals surface area contributed by atoms with Gasteiger partial charge in [0, 0.05) is 24.9 Å². The molecule has 1 saturated heterocycles. The zero-order chi connectivity index (χ0) is 16.5. The van der Waals surface area contributed by atoms with Crippen molar-refractivity contribution in [2.75, 3.05) is 26.3 Å². The molecule has 1 aliphatic heterocycles. The van der Waals surface area contributed by atoms with Crippen LogP contribution in [0.4, 0.5) is 4.79 Å². The van der Waals surface area contributed by atoms with Gasteiger partial charge < -0.3 is 19.1 Å². The molecule has 0 aliphatic carbocycles. The minimum absolute atomic E-state index is 0.0792. The van der Waals surface area contributed by atoms with Crippen molar-refractivity contribution >= 4 is 19.0 Å². The Kier molecular flexibility index (Phi) is 6.40. The van der Waals surface area contributed by atoms with Crippen molar-refractivity contribution in [2.24, 2.45) is 11.8 Å². The molecule has 0 spiro atoms. The summed E-state index contributed by atoms with van der Waals surface area (Å²) in [4.78, 5) is 34.4. The molecule has 7 heteroatoms. The topological polar surface area (TPSA) is 82.1 Å². The van der Waals surface area contributed by atoms with Gasteiger partial charge in [-0.1, -0.05) is 30.3 Å². The first-order chi connectivity index (χ1) is 11.2. The number of carbonyl (C=O) groups excluding carboxylic acids is 3. The molecule has 2 atom stereocenters. The van der Waals surface area contributed by atoms with E-state index in [0.717, 1.165) is 5.56 Å². The van der Waals surface area contributed by atoms with E-state index in [1.165, 1.54) is 0 Å². The summed E-state index contributed by atoms with van der Waals surface area (Å²) in [5.74, 6) is -0.158. The van der Waals surface area contributed by atoms with Crippen molar-refractivity contribution in [1.29, 1.82) is 0 Å². The Morgan fingerprint density at radius 1 is 1.04 bits per heavy atom. The van der Waals surface area contributed by atoms with Gasteiger partial charge >= 0.3 is 6.09 Å². The van der Waals surface area contributed by atoms with E-state index in [4.69, 9.17) is 14.2 Å². The average molecular weight is 321 g/mol. The lowest BCUT2D eigenvalue weighted by atomic mass is 9.98. The van der Waals surface area contributed by atoms with Gasteiger partial charge in [-0.3, -0.25) is 9.59 Å². The van der Waals surface area contributed by atoms with Crippen LogP contribution in [0.15, 0.2) is 30.3 Å². The van der Waals surface area contributed by atoms with Gasteiger partial charge in [0.05, 0.1) is 13.2 Å². The highest BCUT2D eigenvalue weighted by Gasteiger charge is 2.36. The Hall–Kier alpha value is -2.57. The summed E-state index contributed by atoms with van der Waals surface area (Å²) in [5, 5.41) is 0. The summed E-state index contributed by atoms with van der Waals surface area (Å²) in [6, 6.07) is 9.38. The number of hydrogen-bond donors (Lipinski definition) is 0.